The van der Waals surface area contributed by atoms with E-state index >= 15 is 0 Å². The highest BCUT2D eigenvalue weighted by Crippen LogP contribution is 2.20. The topological polar surface area (TPSA) is 12.0 Å². The Hall–Kier alpha value is -1.31. The molecule has 1 unspecified atom stereocenters. The average Bonchev–Trinajstić information content (AvgIpc) is 2.40. The van der Waals surface area contributed by atoms with Gasteiger partial charge in [0, 0.05) is 17.1 Å². The largest absolute Gasteiger partial charge is 0.304 e. The smallest absolute Gasteiger partial charge is 0.0406 e. The molecule has 2 rings (SSSR count). The maximum absolute atomic E-state index is 5.90. The molecule has 2 aromatic carbocycles. The molecule has 0 spiro atoms. The maximum atomic E-state index is 5.90. The molecule has 1 N–H and O–H groups in total. The van der Waals surface area contributed by atoms with Gasteiger partial charge in [0.25, 0.3) is 0 Å². The Balaban J connectivity index is 2.03. The van der Waals surface area contributed by atoms with Crippen molar-refractivity contribution in [2.75, 3.05) is 0 Å². The first kappa shape index (κ1) is 13.1. The predicted molar refractivity (Wildman–Crippen MR) is 77.9 cm³/mol. The minimum absolute atomic E-state index is 0.303. The van der Waals surface area contributed by atoms with E-state index in [2.05, 4.69) is 55.6 Å². The summed E-state index contributed by atoms with van der Waals surface area (Å²) in [6.07, 6.45) is 0. The first-order valence-electron chi connectivity index (χ1n) is 6.23. The van der Waals surface area contributed by atoms with Gasteiger partial charge in [0.15, 0.2) is 0 Å². The third-order valence-electron chi connectivity index (χ3n) is 3.17. The van der Waals surface area contributed by atoms with E-state index in [1.54, 1.807) is 0 Å². The molecule has 0 saturated heterocycles. The molecule has 94 valence electrons. The Bertz CT molecular complexity index is 478. The molecule has 0 aliphatic heterocycles. The number of nitrogens with one attached hydrogen (secondary N) is 1. The summed E-state index contributed by atoms with van der Waals surface area (Å²) in [7, 11) is 0. The summed E-state index contributed by atoms with van der Waals surface area (Å²) in [5, 5.41) is 4.37. The molecular formula is C16H18ClN. The first-order valence-corrected chi connectivity index (χ1v) is 6.61. The van der Waals surface area contributed by atoms with E-state index in [4.69, 9.17) is 11.6 Å². The van der Waals surface area contributed by atoms with Gasteiger partial charge in [0.05, 0.1) is 0 Å². The molecule has 18 heavy (non-hydrogen) atoms. The minimum atomic E-state index is 0.303. The van der Waals surface area contributed by atoms with Gasteiger partial charge in [0.2, 0.25) is 0 Å². The summed E-state index contributed by atoms with van der Waals surface area (Å²) in [5.74, 6) is 0. The summed E-state index contributed by atoms with van der Waals surface area (Å²) in [6, 6.07) is 19.1. The van der Waals surface area contributed by atoms with Gasteiger partial charge in [-0.15, -0.1) is 0 Å². The van der Waals surface area contributed by atoms with Crippen LogP contribution in [0.4, 0.5) is 0 Å². The van der Waals surface area contributed by atoms with Gasteiger partial charge in [-0.2, -0.15) is 0 Å². The van der Waals surface area contributed by atoms with Crippen molar-refractivity contribution < 1.29 is 0 Å². The molecule has 2 atom stereocenters. The third kappa shape index (κ3) is 3.34. The molecule has 0 aliphatic rings. The Labute approximate surface area is 114 Å². The molecule has 0 bridgehead atoms. The Morgan fingerprint density at radius 2 is 1.28 bits per heavy atom. The summed E-state index contributed by atoms with van der Waals surface area (Å²) in [4.78, 5) is 0. The summed E-state index contributed by atoms with van der Waals surface area (Å²) in [5.41, 5.74) is 2.56. The number of benzene rings is 2. The van der Waals surface area contributed by atoms with Crippen LogP contribution < -0.4 is 5.32 Å². The quantitative estimate of drug-likeness (QED) is 0.835. The zero-order valence-corrected chi connectivity index (χ0v) is 11.5. The molecule has 0 heterocycles. The van der Waals surface area contributed by atoms with Crippen molar-refractivity contribution in [1.82, 2.24) is 5.32 Å². The maximum Gasteiger partial charge on any atom is 0.0406 e. The van der Waals surface area contributed by atoms with Crippen molar-refractivity contribution >= 4 is 11.6 Å². The van der Waals surface area contributed by atoms with Crippen LogP contribution in [-0.4, -0.2) is 0 Å². The SMILES string of the molecule is CC(N[C@@H](C)c1ccc(Cl)cc1)c1ccccc1. The first-order chi connectivity index (χ1) is 8.66. The van der Waals surface area contributed by atoms with Crippen LogP contribution in [0.5, 0.6) is 0 Å². The van der Waals surface area contributed by atoms with E-state index in [1.807, 2.05) is 18.2 Å². The van der Waals surface area contributed by atoms with Gasteiger partial charge in [-0.3, -0.25) is 0 Å². The molecule has 0 aliphatic carbocycles. The van der Waals surface area contributed by atoms with Crippen molar-refractivity contribution in [2.45, 2.75) is 25.9 Å². The molecule has 0 amide bonds. The van der Waals surface area contributed by atoms with Crippen LogP contribution in [0.25, 0.3) is 0 Å². The van der Waals surface area contributed by atoms with Gasteiger partial charge >= 0.3 is 0 Å². The zero-order valence-electron chi connectivity index (χ0n) is 10.7. The van der Waals surface area contributed by atoms with Crippen LogP contribution in [0.15, 0.2) is 54.6 Å². The van der Waals surface area contributed by atoms with Crippen LogP contribution in [0.2, 0.25) is 5.02 Å². The van der Waals surface area contributed by atoms with Crippen molar-refractivity contribution in [3.8, 4) is 0 Å². The van der Waals surface area contributed by atoms with Gasteiger partial charge in [-0.1, -0.05) is 54.1 Å². The summed E-state index contributed by atoms with van der Waals surface area (Å²) < 4.78 is 0. The molecule has 0 aromatic heterocycles. The fourth-order valence-electron chi connectivity index (χ4n) is 2.06. The zero-order chi connectivity index (χ0) is 13.0. The molecular weight excluding hydrogens is 242 g/mol. The van der Waals surface area contributed by atoms with Crippen LogP contribution in [-0.2, 0) is 0 Å². The van der Waals surface area contributed by atoms with Gasteiger partial charge in [-0.25, -0.2) is 0 Å². The summed E-state index contributed by atoms with van der Waals surface area (Å²) >= 11 is 5.90. The minimum Gasteiger partial charge on any atom is -0.304 e. The highest BCUT2D eigenvalue weighted by molar-refractivity contribution is 6.30. The monoisotopic (exact) mass is 259 g/mol. The van der Waals surface area contributed by atoms with Crippen molar-refractivity contribution in [3.05, 3.63) is 70.7 Å². The molecule has 0 fully saturated rings. The van der Waals surface area contributed by atoms with Gasteiger partial charge in [0.1, 0.15) is 0 Å². The van der Waals surface area contributed by atoms with Crippen molar-refractivity contribution in [2.24, 2.45) is 0 Å². The van der Waals surface area contributed by atoms with Gasteiger partial charge in [-0.05, 0) is 37.1 Å². The molecule has 0 radical (unpaired) electrons. The van der Waals surface area contributed by atoms with E-state index in [0.29, 0.717) is 12.1 Å². The number of hydrogen-bond donors (Lipinski definition) is 1. The second-order valence-corrected chi connectivity index (χ2v) is 5.01. The second-order valence-electron chi connectivity index (χ2n) is 4.57. The lowest BCUT2D eigenvalue weighted by Crippen LogP contribution is -2.22. The molecule has 0 saturated carbocycles. The fraction of sp³-hybridized carbons (Fsp3) is 0.250. The molecule has 2 heteroatoms. The van der Waals surface area contributed by atoms with Crippen LogP contribution in [0.3, 0.4) is 0 Å². The normalized spacial score (nSPS) is 14.2. The van der Waals surface area contributed by atoms with Crippen LogP contribution >= 0.6 is 11.6 Å². The summed E-state index contributed by atoms with van der Waals surface area (Å²) in [6.45, 7) is 4.35. The highest BCUT2D eigenvalue weighted by atomic mass is 35.5. The van der Waals surface area contributed by atoms with Crippen LogP contribution in [0.1, 0.15) is 37.1 Å². The lowest BCUT2D eigenvalue weighted by molar-refractivity contribution is 0.495. The van der Waals surface area contributed by atoms with E-state index in [0.717, 1.165) is 5.02 Å². The standard InChI is InChI=1S/C16H18ClN/c1-12(14-6-4-3-5-7-14)18-13(2)15-8-10-16(17)11-9-15/h3-13,18H,1-2H3/t12?,13-/m0/s1. The van der Waals surface area contributed by atoms with Crippen molar-refractivity contribution in [3.63, 3.8) is 0 Å². The lowest BCUT2D eigenvalue weighted by atomic mass is 10.0. The highest BCUT2D eigenvalue weighted by Gasteiger charge is 2.10. The van der Waals surface area contributed by atoms with E-state index in [9.17, 15) is 0 Å². The number of rotatable bonds is 4. The average molecular weight is 260 g/mol. The number of halogens is 1. The fourth-order valence-corrected chi connectivity index (χ4v) is 2.19. The number of hydrogen-bond acceptors (Lipinski definition) is 1. The van der Waals surface area contributed by atoms with Crippen molar-refractivity contribution in [1.29, 1.82) is 0 Å². The molecule has 2 aromatic rings. The van der Waals surface area contributed by atoms with E-state index in [1.165, 1.54) is 11.1 Å². The third-order valence-corrected chi connectivity index (χ3v) is 3.42. The Morgan fingerprint density at radius 1 is 0.778 bits per heavy atom. The predicted octanol–water partition coefficient (Wildman–Crippen LogP) is 4.75. The second kappa shape index (κ2) is 6.03. The van der Waals surface area contributed by atoms with Gasteiger partial charge < -0.3 is 5.32 Å². The van der Waals surface area contributed by atoms with E-state index in [-0.39, 0.29) is 0 Å². The Kier molecular flexibility index (Phi) is 4.40. The van der Waals surface area contributed by atoms with Crippen LogP contribution in [0, 0.1) is 0 Å². The Morgan fingerprint density at radius 3 is 1.83 bits per heavy atom. The lowest BCUT2D eigenvalue weighted by Gasteiger charge is -2.20. The molecule has 1 nitrogen and oxygen atoms in total. The van der Waals surface area contributed by atoms with E-state index < -0.39 is 0 Å².